The Balaban J connectivity index is 1.95. The van der Waals surface area contributed by atoms with Crippen molar-refractivity contribution in [1.29, 1.82) is 5.26 Å². The highest BCUT2D eigenvalue weighted by Crippen LogP contribution is 2.29. The maximum absolute atomic E-state index is 12.2. The van der Waals surface area contributed by atoms with E-state index in [2.05, 4.69) is 30.8 Å². The molecule has 9 nitrogen and oxygen atoms in total. The third-order valence-electron chi connectivity index (χ3n) is 4.41. The first-order valence-electron chi connectivity index (χ1n) is 8.69. The number of aromatic amines is 1. The van der Waals surface area contributed by atoms with Gasteiger partial charge in [0.1, 0.15) is 11.6 Å². The van der Waals surface area contributed by atoms with Gasteiger partial charge in [0.2, 0.25) is 5.82 Å². The fourth-order valence-corrected chi connectivity index (χ4v) is 3.88. The molecule has 0 bridgehead atoms. The summed E-state index contributed by atoms with van der Waals surface area (Å²) < 4.78 is 24.3. The monoisotopic (exact) mass is 387 g/mol. The summed E-state index contributed by atoms with van der Waals surface area (Å²) in [5, 5.41) is 25.5. The van der Waals surface area contributed by atoms with Gasteiger partial charge in [-0.2, -0.15) is 10.5 Å². The summed E-state index contributed by atoms with van der Waals surface area (Å²) in [6.07, 6.45) is 7.21. The lowest BCUT2D eigenvalue weighted by molar-refractivity contribution is 0.602. The van der Waals surface area contributed by atoms with Gasteiger partial charge in [-0.05, 0) is 36.3 Å². The van der Waals surface area contributed by atoms with Crippen LogP contribution in [0.5, 0.6) is 0 Å². The Bertz CT molecular complexity index is 954. The van der Waals surface area contributed by atoms with Crippen LogP contribution in [0.2, 0.25) is 0 Å². The first-order chi connectivity index (χ1) is 13.0. The molecule has 3 rings (SSSR count). The van der Waals surface area contributed by atoms with Crippen LogP contribution >= 0.6 is 0 Å². The molecule has 0 saturated carbocycles. The van der Waals surface area contributed by atoms with Crippen molar-refractivity contribution in [3.8, 4) is 6.07 Å². The molecule has 142 valence electrons. The van der Waals surface area contributed by atoms with Crippen LogP contribution in [0.1, 0.15) is 31.5 Å². The summed E-state index contributed by atoms with van der Waals surface area (Å²) in [6, 6.07) is 7.22. The smallest absolute Gasteiger partial charge is 0.216 e. The zero-order valence-corrected chi connectivity index (χ0v) is 15.8. The number of tetrazole rings is 1. The van der Waals surface area contributed by atoms with Crippen LogP contribution < -0.4 is 10.2 Å². The lowest BCUT2D eigenvalue weighted by atomic mass is 10.2. The van der Waals surface area contributed by atoms with Crippen molar-refractivity contribution in [2.75, 3.05) is 29.6 Å². The molecule has 2 aromatic rings. The van der Waals surface area contributed by atoms with Crippen LogP contribution in [-0.2, 0) is 9.84 Å². The van der Waals surface area contributed by atoms with Crippen LogP contribution in [0.25, 0.3) is 5.57 Å². The second kappa shape index (κ2) is 8.18. The van der Waals surface area contributed by atoms with Crippen molar-refractivity contribution in [1.82, 2.24) is 20.6 Å². The molecule has 27 heavy (non-hydrogen) atoms. The molecule has 1 aromatic heterocycles. The number of allylic oxidation sites excluding steroid dienone is 1. The number of nitriles is 1. The van der Waals surface area contributed by atoms with Crippen molar-refractivity contribution in [2.45, 2.75) is 30.6 Å². The third kappa shape index (κ3) is 4.62. The van der Waals surface area contributed by atoms with Gasteiger partial charge in [0, 0.05) is 31.2 Å². The molecule has 0 spiro atoms. The van der Waals surface area contributed by atoms with Gasteiger partial charge in [-0.15, -0.1) is 10.2 Å². The fraction of sp³-hybridized carbons (Fsp3) is 0.412. The van der Waals surface area contributed by atoms with E-state index in [9.17, 15) is 13.7 Å². The Morgan fingerprint density at radius 3 is 2.63 bits per heavy atom. The van der Waals surface area contributed by atoms with Crippen LogP contribution in [0, 0.1) is 11.3 Å². The molecule has 1 fully saturated rings. The Hall–Kier alpha value is -2.93. The average molecular weight is 387 g/mol. The minimum absolute atomic E-state index is 0.134. The lowest BCUT2D eigenvalue weighted by Gasteiger charge is -2.24. The number of H-pyrrole nitrogens is 1. The van der Waals surface area contributed by atoms with E-state index in [4.69, 9.17) is 0 Å². The molecule has 2 N–H and O–H groups in total. The minimum Gasteiger partial charge on any atom is -0.371 e. The van der Waals surface area contributed by atoms with E-state index in [0.29, 0.717) is 5.69 Å². The molecule has 0 atom stereocenters. The highest BCUT2D eigenvalue weighted by Gasteiger charge is 2.17. The average Bonchev–Trinajstić information content (AvgIpc) is 3.03. The third-order valence-corrected chi connectivity index (χ3v) is 5.57. The van der Waals surface area contributed by atoms with Crippen molar-refractivity contribution >= 4 is 26.8 Å². The first-order valence-corrected chi connectivity index (χ1v) is 10.6. The zero-order chi connectivity index (χ0) is 19.3. The fourth-order valence-electron chi connectivity index (χ4n) is 3.05. The predicted octanol–water partition coefficient (Wildman–Crippen LogP) is 1.96. The SMILES string of the molecule is CS(=O)(=O)c1ccc(N2CCCCCC2)cc1NC=C(C#N)c1nn[nH]n1. The number of nitrogens with one attached hydrogen (secondary N) is 2. The molecule has 1 saturated heterocycles. The number of benzene rings is 1. The van der Waals surface area contributed by atoms with Crippen LogP contribution in [-0.4, -0.2) is 48.4 Å². The lowest BCUT2D eigenvalue weighted by Crippen LogP contribution is -2.24. The van der Waals surface area contributed by atoms with Crippen molar-refractivity contribution in [3.05, 3.63) is 30.2 Å². The standard InChI is InChI=1S/C17H21N7O2S/c1-27(25,26)16-7-6-14(24-8-4-2-3-5-9-24)10-15(16)19-12-13(11-18)17-20-22-23-21-17/h6-7,10,12,19H,2-5,8-9H2,1H3,(H,20,21,22,23). The maximum Gasteiger partial charge on any atom is 0.216 e. The zero-order valence-electron chi connectivity index (χ0n) is 15.0. The Labute approximate surface area is 158 Å². The van der Waals surface area contributed by atoms with Gasteiger partial charge >= 0.3 is 0 Å². The molecule has 0 aliphatic carbocycles. The summed E-state index contributed by atoms with van der Waals surface area (Å²) in [4.78, 5) is 2.43. The maximum atomic E-state index is 12.2. The van der Waals surface area contributed by atoms with Crippen molar-refractivity contribution < 1.29 is 8.42 Å². The largest absolute Gasteiger partial charge is 0.371 e. The molecule has 10 heteroatoms. The van der Waals surface area contributed by atoms with Gasteiger partial charge in [0.15, 0.2) is 9.84 Å². The van der Waals surface area contributed by atoms with E-state index in [0.717, 1.165) is 37.9 Å². The first kappa shape index (κ1) is 18.8. The summed E-state index contributed by atoms with van der Waals surface area (Å²) >= 11 is 0. The van der Waals surface area contributed by atoms with Crippen LogP contribution in [0.15, 0.2) is 29.3 Å². The van der Waals surface area contributed by atoms with Crippen LogP contribution in [0.4, 0.5) is 11.4 Å². The molecule has 1 aliphatic heterocycles. The molecular formula is C17H21N7O2S. The highest BCUT2D eigenvalue weighted by atomic mass is 32.2. The Morgan fingerprint density at radius 1 is 1.30 bits per heavy atom. The molecule has 1 aliphatic rings. The molecule has 2 heterocycles. The number of nitrogens with zero attached hydrogens (tertiary/aromatic N) is 5. The van der Waals surface area contributed by atoms with E-state index in [1.54, 1.807) is 6.07 Å². The van der Waals surface area contributed by atoms with Gasteiger partial charge in [0.05, 0.1) is 10.6 Å². The number of hydrogen-bond donors (Lipinski definition) is 2. The van der Waals surface area contributed by atoms with E-state index < -0.39 is 9.84 Å². The Kier molecular flexibility index (Phi) is 5.71. The highest BCUT2D eigenvalue weighted by molar-refractivity contribution is 7.90. The van der Waals surface area contributed by atoms with Gasteiger partial charge < -0.3 is 10.2 Å². The Morgan fingerprint density at radius 2 is 2.04 bits per heavy atom. The van der Waals surface area contributed by atoms with Gasteiger partial charge in [-0.25, -0.2) is 8.42 Å². The number of rotatable bonds is 5. The summed E-state index contributed by atoms with van der Waals surface area (Å²) in [5.74, 6) is 0.134. The summed E-state index contributed by atoms with van der Waals surface area (Å²) in [6.45, 7) is 1.89. The quantitative estimate of drug-likeness (QED) is 0.745. The van der Waals surface area contributed by atoms with Gasteiger partial charge in [-0.3, -0.25) is 0 Å². The minimum atomic E-state index is -3.44. The van der Waals surface area contributed by atoms with Crippen LogP contribution in [0.3, 0.4) is 0 Å². The van der Waals surface area contributed by atoms with Gasteiger partial charge in [-0.1, -0.05) is 12.8 Å². The number of aromatic nitrogens is 4. The molecule has 1 aromatic carbocycles. The second-order valence-electron chi connectivity index (χ2n) is 6.40. The number of sulfone groups is 1. The number of hydrogen-bond acceptors (Lipinski definition) is 8. The van der Waals surface area contributed by atoms with E-state index in [1.807, 2.05) is 18.2 Å². The van der Waals surface area contributed by atoms with E-state index in [1.165, 1.54) is 19.0 Å². The van der Waals surface area contributed by atoms with E-state index in [-0.39, 0.29) is 16.3 Å². The molecule has 0 radical (unpaired) electrons. The summed E-state index contributed by atoms with van der Waals surface area (Å²) in [5.41, 5.74) is 1.51. The topological polar surface area (TPSA) is 128 Å². The predicted molar refractivity (Wildman–Crippen MR) is 102 cm³/mol. The normalized spacial score (nSPS) is 15.9. The molecular weight excluding hydrogens is 366 g/mol. The summed E-state index contributed by atoms with van der Waals surface area (Å²) in [7, 11) is -3.44. The molecule has 0 amide bonds. The molecule has 0 unspecified atom stereocenters. The van der Waals surface area contributed by atoms with Gasteiger partial charge in [0.25, 0.3) is 0 Å². The van der Waals surface area contributed by atoms with Crippen molar-refractivity contribution in [2.24, 2.45) is 0 Å². The second-order valence-corrected chi connectivity index (χ2v) is 8.39. The van der Waals surface area contributed by atoms with Crippen molar-refractivity contribution in [3.63, 3.8) is 0 Å². The number of anilines is 2. The van der Waals surface area contributed by atoms with E-state index >= 15 is 0 Å².